The van der Waals surface area contributed by atoms with Gasteiger partial charge in [-0.15, -0.1) is 0 Å². The molecule has 1 aromatic heterocycles. The predicted molar refractivity (Wildman–Crippen MR) is 68.7 cm³/mol. The molecule has 1 aliphatic rings. The zero-order chi connectivity index (χ0) is 13.0. The average Bonchev–Trinajstić information content (AvgIpc) is 2.53. The van der Waals surface area contributed by atoms with E-state index in [9.17, 15) is 4.79 Å². The van der Waals surface area contributed by atoms with E-state index in [2.05, 4.69) is 22.2 Å². The first-order chi connectivity index (χ1) is 8.72. The number of rotatable bonds is 3. The summed E-state index contributed by atoms with van der Waals surface area (Å²) in [5.74, 6) is 0.174. The number of nitrogens with zero attached hydrogens (tertiary/aromatic N) is 3. The summed E-state index contributed by atoms with van der Waals surface area (Å²) in [6, 6.07) is 0.199. The van der Waals surface area contributed by atoms with Crippen molar-refractivity contribution in [2.75, 3.05) is 7.05 Å². The van der Waals surface area contributed by atoms with Crippen molar-refractivity contribution in [1.82, 2.24) is 20.2 Å². The second-order valence-electron chi connectivity index (χ2n) is 4.78. The second kappa shape index (κ2) is 5.91. The van der Waals surface area contributed by atoms with Crippen LogP contribution < -0.4 is 5.32 Å². The Hall–Kier alpha value is -1.49. The lowest BCUT2D eigenvalue weighted by molar-refractivity contribution is -0.135. The van der Waals surface area contributed by atoms with Gasteiger partial charge >= 0.3 is 0 Å². The van der Waals surface area contributed by atoms with Crippen molar-refractivity contribution in [3.8, 4) is 0 Å². The van der Waals surface area contributed by atoms with Crippen molar-refractivity contribution in [2.24, 2.45) is 0 Å². The molecule has 1 saturated heterocycles. The minimum absolute atomic E-state index is 0.0633. The predicted octanol–water partition coefficient (Wildman–Crippen LogP) is 0.966. The van der Waals surface area contributed by atoms with Gasteiger partial charge in [0.15, 0.2) is 0 Å². The van der Waals surface area contributed by atoms with Gasteiger partial charge in [-0.05, 0) is 33.2 Å². The van der Waals surface area contributed by atoms with Crippen LogP contribution in [0.5, 0.6) is 0 Å². The Kier molecular flexibility index (Phi) is 4.25. The number of likely N-dealkylation sites (N-methyl/N-ethyl adjacent to an activating group) is 1. The Morgan fingerprint density at radius 3 is 2.94 bits per heavy atom. The summed E-state index contributed by atoms with van der Waals surface area (Å²) in [7, 11) is 1.85. The van der Waals surface area contributed by atoms with E-state index in [1.807, 2.05) is 11.9 Å². The fourth-order valence-corrected chi connectivity index (χ4v) is 2.40. The highest BCUT2D eigenvalue weighted by Gasteiger charge is 2.30. The third-order valence-corrected chi connectivity index (χ3v) is 3.53. The standard InChI is InChI=1S/C13H20N4O/c1-10-4-3-5-12(14-2)13(18)17(10)9-11-8-15-6-7-16-11/h6-8,10,12,14H,3-5,9H2,1-2H3. The minimum Gasteiger partial charge on any atom is -0.333 e. The van der Waals surface area contributed by atoms with Crippen LogP contribution in [0.2, 0.25) is 0 Å². The van der Waals surface area contributed by atoms with Gasteiger partial charge in [-0.25, -0.2) is 0 Å². The first kappa shape index (κ1) is 13.0. The van der Waals surface area contributed by atoms with Gasteiger partial charge in [-0.1, -0.05) is 0 Å². The molecule has 2 rings (SSSR count). The Labute approximate surface area is 108 Å². The summed E-state index contributed by atoms with van der Waals surface area (Å²) < 4.78 is 0. The fraction of sp³-hybridized carbons (Fsp3) is 0.615. The van der Waals surface area contributed by atoms with Crippen LogP contribution in [0.25, 0.3) is 0 Å². The molecular weight excluding hydrogens is 228 g/mol. The van der Waals surface area contributed by atoms with E-state index in [1.54, 1.807) is 18.6 Å². The molecule has 1 amide bonds. The number of likely N-dealkylation sites (tertiary alicyclic amines) is 1. The third kappa shape index (κ3) is 2.85. The highest BCUT2D eigenvalue weighted by atomic mass is 16.2. The van der Waals surface area contributed by atoms with Crippen LogP contribution in [0.3, 0.4) is 0 Å². The molecule has 0 saturated carbocycles. The summed E-state index contributed by atoms with van der Waals surface area (Å²) in [4.78, 5) is 22.6. The summed E-state index contributed by atoms with van der Waals surface area (Å²) in [5.41, 5.74) is 0.842. The van der Waals surface area contributed by atoms with Gasteiger partial charge in [0.2, 0.25) is 5.91 Å². The van der Waals surface area contributed by atoms with Crippen molar-refractivity contribution < 1.29 is 4.79 Å². The molecule has 18 heavy (non-hydrogen) atoms. The maximum atomic E-state index is 12.4. The summed E-state index contributed by atoms with van der Waals surface area (Å²) >= 11 is 0. The molecule has 1 fully saturated rings. The highest BCUT2D eigenvalue weighted by molar-refractivity contribution is 5.82. The quantitative estimate of drug-likeness (QED) is 0.866. The molecule has 0 aromatic carbocycles. The van der Waals surface area contributed by atoms with E-state index < -0.39 is 0 Å². The normalized spacial score (nSPS) is 25.0. The van der Waals surface area contributed by atoms with Crippen LogP contribution in [0.4, 0.5) is 0 Å². The van der Waals surface area contributed by atoms with Crippen molar-refractivity contribution in [3.63, 3.8) is 0 Å². The largest absolute Gasteiger partial charge is 0.333 e. The maximum Gasteiger partial charge on any atom is 0.240 e. The Morgan fingerprint density at radius 1 is 1.44 bits per heavy atom. The number of amides is 1. The van der Waals surface area contributed by atoms with E-state index in [-0.39, 0.29) is 18.0 Å². The molecule has 1 aromatic rings. The van der Waals surface area contributed by atoms with Gasteiger partial charge < -0.3 is 10.2 Å². The fourth-order valence-electron chi connectivity index (χ4n) is 2.40. The summed E-state index contributed by atoms with van der Waals surface area (Å²) in [6.45, 7) is 2.65. The van der Waals surface area contributed by atoms with E-state index in [0.29, 0.717) is 6.54 Å². The van der Waals surface area contributed by atoms with Gasteiger partial charge in [0.25, 0.3) is 0 Å². The van der Waals surface area contributed by atoms with E-state index in [1.165, 1.54) is 0 Å². The lowest BCUT2D eigenvalue weighted by Crippen LogP contribution is -2.46. The van der Waals surface area contributed by atoms with Gasteiger partial charge in [-0.3, -0.25) is 14.8 Å². The number of hydrogen-bond donors (Lipinski definition) is 1. The van der Waals surface area contributed by atoms with Crippen molar-refractivity contribution in [1.29, 1.82) is 0 Å². The van der Waals surface area contributed by atoms with Gasteiger partial charge in [0, 0.05) is 18.4 Å². The summed E-state index contributed by atoms with van der Waals surface area (Å²) in [5, 5.41) is 3.10. The van der Waals surface area contributed by atoms with E-state index in [4.69, 9.17) is 0 Å². The molecule has 5 heteroatoms. The Bertz CT molecular complexity index is 395. The first-order valence-electron chi connectivity index (χ1n) is 6.45. The van der Waals surface area contributed by atoms with Crippen molar-refractivity contribution in [3.05, 3.63) is 24.3 Å². The molecule has 0 spiro atoms. The van der Waals surface area contributed by atoms with Crippen LogP contribution >= 0.6 is 0 Å². The molecule has 0 radical (unpaired) electrons. The Morgan fingerprint density at radius 2 is 2.28 bits per heavy atom. The van der Waals surface area contributed by atoms with E-state index >= 15 is 0 Å². The number of hydrogen-bond acceptors (Lipinski definition) is 4. The molecule has 2 heterocycles. The second-order valence-corrected chi connectivity index (χ2v) is 4.78. The number of carbonyl (C=O) groups excluding carboxylic acids is 1. The summed E-state index contributed by atoms with van der Waals surface area (Å²) in [6.07, 6.45) is 8.07. The molecule has 0 bridgehead atoms. The molecule has 2 atom stereocenters. The third-order valence-electron chi connectivity index (χ3n) is 3.53. The van der Waals surface area contributed by atoms with Crippen LogP contribution in [0, 0.1) is 0 Å². The van der Waals surface area contributed by atoms with E-state index in [0.717, 1.165) is 25.0 Å². The average molecular weight is 248 g/mol. The molecular formula is C13H20N4O. The highest BCUT2D eigenvalue weighted by Crippen LogP contribution is 2.19. The van der Waals surface area contributed by atoms with Crippen molar-refractivity contribution >= 4 is 5.91 Å². The van der Waals surface area contributed by atoms with Gasteiger partial charge in [-0.2, -0.15) is 0 Å². The first-order valence-corrected chi connectivity index (χ1v) is 6.45. The molecule has 5 nitrogen and oxygen atoms in total. The van der Waals surface area contributed by atoms with Gasteiger partial charge in [0.05, 0.1) is 24.5 Å². The SMILES string of the molecule is CNC1CCCC(C)N(Cc2cnccn2)C1=O. The van der Waals surface area contributed by atoms with Crippen LogP contribution in [0.1, 0.15) is 31.9 Å². The Balaban J connectivity index is 2.14. The topological polar surface area (TPSA) is 58.1 Å². The minimum atomic E-state index is -0.0633. The van der Waals surface area contributed by atoms with Crippen LogP contribution in [0.15, 0.2) is 18.6 Å². The molecule has 98 valence electrons. The zero-order valence-electron chi connectivity index (χ0n) is 11.0. The van der Waals surface area contributed by atoms with Crippen LogP contribution in [-0.4, -0.2) is 39.9 Å². The molecule has 1 N–H and O–H groups in total. The monoisotopic (exact) mass is 248 g/mol. The molecule has 0 aliphatic carbocycles. The van der Waals surface area contributed by atoms with Gasteiger partial charge in [0.1, 0.15) is 0 Å². The molecule has 1 aliphatic heterocycles. The van der Waals surface area contributed by atoms with Crippen LogP contribution in [-0.2, 0) is 11.3 Å². The lowest BCUT2D eigenvalue weighted by atomic mass is 10.1. The maximum absolute atomic E-state index is 12.4. The number of carbonyl (C=O) groups is 1. The smallest absolute Gasteiger partial charge is 0.240 e. The van der Waals surface area contributed by atoms with Crippen molar-refractivity contribution in [2.45, 2.75) is 44.8 Å². The lowest BCUT2D eigenvalue weighted by Gasteiger charge is -2.29. The zero-order valence-corrected chi connectivity index (χ0v) is 11.0. The number of aromatic nitrogens is 2. The number of nitrogens with one attached hydrogen (secondary N) is 1. The molecule has 2 unspecified atom stereocenters.